The van der Waals surface area contributed by atoms with Gasteiger partial charge in [-0.3, -0.25) is 67.3 Å². The fourth-order valence-electron chi connectivity index (χ4n) is 11.0. The van der Waals surface area contributed by atoms with Gasteiger partial charge in [0.1, 0.15) is 54.4 Å². The van der Waals surface area contributed by atoms with Gasteiger partial charge >= 0.3 is 0 Å². The molecule has 2 aromatic rings. The maximum absolute atomic E-state index is 14.7. The highest BCUT2D eigenvalue weighted by molar-refractivity contribution is 7.98. The molecule has 0 saturated carbocycles. The van der Waals surface area contributed by atoms with Crippen LogP contribution in [-0.2, 0) is 75.2 Å². The number of guanidine groups is 1. The Balaban J connectivity index is 1.56. The summed E-state index contributed by atoms with van der Waals surface area (Å²) < 4.78 is 0. The van der Waals surface area contributed by atoms with Crippen LogP contribution in [0.4, 0.5) is 0 Å². The molecule has 0 unspecified atom stereocenters. The molecule has 31 nitrogen and oxygen atoms in total. The molecule has 0 spiro atoms. The predicted octanol–water partition coefficient (Wildman–Crippen LogP) is -3.71. The van der Waals surface area contributed by atoms with E-state index in [4.69, 9.17) is 40.1 Å². The quantitative estimate of drug-likeness (QED) is 0.0173. The van der Waals surface area contributed by atoms with Gasteiger partial charge in [0.05, 0.1) is 12.6 Å². The molecule has 13 amide bonds. The SMILES string of the molecule is CSCC[C@H](NC(=O)[C@H](CC(C)C)NC(=O)CNC(=O)[C@@H](Cc1ccccc1)NC(=O)[C@@H](Cc1ccccc1)NC(=O)[C@H](CCC(N)=O)NC(=O)[C@@H](CCC(N)=O)NC(=O)[C@H]1CCCN1C(=O)[C@@H](CCCCN)NC(=O)[C@@H]1CCCN1C(=O)[C@H](N)CCCN=C(N)N)C(N)=O. The first-order chi connectivity index (χ1) is 45.2. The Morgan fingerprint density at radius 2 is 1.01 bits per heavy atom. The van der Waals surface area contributed by atoms with Crippen molar-refractivity contribution in [2.45, 2.75) is 183 Å². The van der Waals surface area contributed by atoms with E-state index in [9.17, 15) is 62.3 Å². The van der Waals surface area contributed by atoms with Gasteiger partial charge in [-0.15, -0.1) is 0 Å². The maximum Gasteiger partial charge on any atom is 0.245 e. The zero-order valence-corrected chi connectivity index (χ0v) is 55.3. The number of primary amides is 3. The second-order valence-corrected chi connectivity index (χ2v) is 25.1. The summed E-state index contributed by atoms with van der Waals surface area (Å²) in [5, 5.41) is 21.1. The van der Waals surface area contributed by atoms with Gasteiger partial charge < -0.3 is 92.5 Å². The number of hydrogen-bond acceptors (Lipinski definition) is 17. The van der Waals surface area contributed by atoms with E-state index < -0.39 is 169 Å². The first-order valence-corrected chi connectivity index (χ1v) is 33.6. The number of amides is 13. The first kappa shape index (κ1) is 78.5. The lowest BCUT2D eigenvalue weighted by atomic mass is 10.0. The third kappa shape index (κ3) is 27.5. The van der Waals surface area contributed by atoms with Crippen molar-refractivity contribution < 1.29 is 62.3 Å². The molecule has 2 heterocycles. The van der Waals surface area contributed by atoms with E-state index in [1.165, 1.54) is 21.6 Å². The number of nitrogens with two attached hydrogens (primary N) is 7. The van der Waals surface area contributed by atoms with Crippen LogP contribution in [-0.4, -0.2) is 198 Å². The minimum absolute atomic E-state index is 0.0736. The summed E-state index contributed by atoms with van der Waals surface area (Å²) in [4.78, 5) is 185. The summed E-state index contributed by atoms with van der Waals surface area (Å²) >= 11 is 1.45. The lowest BCUT2D eigenvalue weighted by molar-refractivity contribution is -0.144. The molecule has 2 aliphatic rings. The van der Waals surface area contributed by atoms with E-state index in [0.717, 1.165) is 0 Å². The molecule has 524 valence electrons. The standard InChI is InChI=1S/C63H98N18O13S/c1-37(2)33-45(57(89)74-41(53(68)85)27-32-95-3)73-52(84)36-72-54(86)46(34-38-15-6-4-7-16-38)78-58(90)47(35-39-17-8-5-9-18-39)79-56(88)42(23-25-50(66)82)75-55(87)43(24-26-51(67)83)76-59(91)49-22-14-31-81(49)62(94)44(20-10-11-28-64)77-60(92)48-21-13-30-80(48)61(93)40(65)19-12-29-71-63(69)70/h4-9,15-18,37,40-49H,10-14,19-36,64-65H2,1-3H3,(H2,66,82)(H2,67,83)(H2,68,85)(H,72,86)(H,73,84)(H,74,89)(H,75,87)(H,76,91)(H,77,92)(H,78,90)(H,79,88)(H4,69,70,71)/t40-,41+,42+,43-,44-,45+,46-,47-,48+,49-/m1/s1. The second-order valence-electron chi connectivity index (χ2n) is 24.1. The van der Waals surface area contributed by atoms with Crippen molar-refractivity contribution in [3.05, 3.63) is 71.8 Å². The molecule has 2 aromatic carbocycles. The molecular weight excluding hydrogens is 1250 g/mol. The van der Waals surface area contributed by atoms with Gasteiger partial charge in [0.15, 0.2) is 5.96 Å². The molecule has 0 bridgehead atoms. The Bertz CT molecular complexity index is 2960. The van der Waals surface area contributed by atoms with Crippen molar-refractivity contribution >= 4 is 94.5 Å². The number of hydrogen-bond donors (Lipinski definition) is 15. The molecule has 2 fully saturated rings. The highest BCUT2D eigenvalue weighted by Gasteiger charge is 2.42. The average molecular weight is 1350 g/mol. The van der Waals surface area contributed by atoms with Crippen LogP contribution in [0.5, 0.6) is 0 Å². The average Bonchev–Trinajstić information content (AvgIpc) is 1.74. The normalized spacial score (nSPS) is 16.8. The van der Waals surface area contributed by atoms with Crippen LogP contribution in [0.2, 0.25) is 0 Å². The Morgan fingerprint density at radius 1 is 0.537 bits per heavy atom. The highest BCUT2D eigenvalue weighted by Crippen LogP contribution is 2.24. The zero-order chi connectivity index (χ0) is 70.1. The van der Waals surface area contributed by atoms with E-state index in [0.29, 0.717) is 55.4 Å². The molecule has 0 aromatic heterocycles. The van der Waals surface area contributed by atoms with E-state index in [2.05, 4.69) is 47.5 Å². The number of thioether (sulfide) groups is 1. The van der Waals surface area contributed by atoms with Gasteiger partial charge in [-0.2, -0.15) is 11.8 Å². The smallest absolute Gasteiger partial charge is 0.245 e. The Morgan fingerprint density at radius 3 is 1.51 bits per heavy atom. The van der Waals surface area contributed by atoms with Gasteiger partial charge in [-0.1, -0.05) is 74.5 Å². The van der Waals surface area contributed by atoms with Crippen LogP contribution < -0.4 is 82.7 Å². The van der Waals surface area contributed by atoms with Gasteiger partial charge in [0.2, 0.25) is 76.8 Å². The zero-order valence-electron chi connectivity index (χ0n) is 54.5. The fourth-order valence-corrected chi connectivity index (χ4v) is 11.5. The number of aliphatic imine (C=N–C) groups is 1. The van der Waals surface area contributed by atoms with Crippen LogP contribution in [0, 0.1) is 5.92 Å². The molecule has 95 heavy (non-hydrogen) atoms. The number of benzene rings is 2. The molecule has 0 radical (unpaired) electrons. The van der Waals surface area contributed by atoms with Crippen molar-refractivity contribution in [3.63, 3.8) is 0 Å². The summed E-state index contributed by atoms with van der Waals surface area (Å²) in [6.07, 6.45) is 3.12. The van der Waals surface area contributed by atoms with Crippen molar-refractivity contribution in [2.24, 2.45) is 51.0 Å². The molecule has 0 aliphatic carbocycles. The molecule has 4 rings (SSSR count). The minimum Gasteiger partial charge on any atom is -0.370 e. The fraction of sp³-hybridized carbons (Fsp3) is 0.587. The molecule has 32 heteroatoms. The molecule has 10 atom stereocenters. The molecular formula is C63H98N18O13S. The predicted molar refractivity (Wildman–Crippen MR) is 356 cm³/mol. The van der Waals surface area contributed by atoms with Crippen molar-refractivity contribution in [1.82, 2.24) is 52.3 Å². The number of unbranched alkanes of at least 4 members (excludes halogenated alkanes) is 1. The number of nitrogens with zero attached hydrogens (tertiary/aromatic N) is 3. The Labute approximate surface area is 558 Å². The summed E-state index contributed by atoms with van der Waals surface area (Å²) in [7, 11) is 0. The van der Waals surface area contributed by atoms with Crippen LogP contribution in [0.1, 0.15) is 121 Å². The van der Waals surface area contributed by atoms with Gasteiger partial charge in [-0.05, 0) is 119 Å². The monoisotopic (exact) mass is 1350 g/mol. The number of nitrogens with one attached hydrogen (secondary N) is 8. The Hall–Kier alpha value is -8.91. The number of rotatable bonds is 42. The third-order valence-electron chi connectivity index (χ3n) is 16.0. The minimum atomic E-state index is -1.64. The van der Waals surface area contributed by atoms with Crippen molar-refractivity contribution in [3.8, 4) is 0 Å². The van der Waals surface area contributed by atoms with E-state index in [-0.39, 0.29) is 83.0 Å². The molecule has 22 N–H and O–H groups in total. The summed E-state index contributed by atoms with van der Waals surface area (Å²) in [5.41, 5.74) is 40.6. The second kappa shape index (κ2) is 41.0. The number of carbonyl (C=O) groups excluding carboxylic acids is 13. The summed E-state index contributed by atoms with van der Waals surface area (Å²) in [6, 6.07) is 4.51. The first-order valence-electron chi connectivity index (χ1n) is 32.2. The van der Waals surface area contributed by atoms with Crippen molar-refractivity contribution in [1.29, 1.82) is 0 Å². The Kier molecular flexibility index (Phi) is 33.9. The molecule has 2 saturated heterocycles. The van der Waals surface area contributed by atoms with Crippen LogP contribution in [0.25, 0.3) is 0 Å². The van der Waals surface area contributed by atoms with E-state index >= 15 is 0 Å². The number of likely N-dealkylation sites (tertiary alicyclic amines) is 2. The largest absolute Gasteiger partial charge is 0.370 e. The topological polar surface area (TPSA) is 519 Å². The maximum atomic E-state index is 14.7. The van der Waals surface area contributed by atoms with Gasteiger partial charge in [0.25, 0.3) is 0 Å². The van der Waals surface area contributed by atoms with Crippen LogP contribution in [0.3, 0.4) is 0 Å². The van der Waals surface area contributed by atoms with E-state index in [1.807, 2.05) is 20.1 Å². The summed E-state index contributed by atoms with van der Waals surface area (Å²) in [6.45, 7) is 3.86. The van der Waals surface area contributed by atoms with Crippen LogP contribution in [0.15, 0.2) is 65.7 Å². The highest BCUT2D eigenvalue weighted by atomic mass is 32.2. The lowest BCUT2D eigenvalue weighted by Gasteiger charge is -2.32. The number of carbonyl (C=O) groups is 13. The van der Waals surface area contributed by atoms with Crippen LogP contribution >= 0.6 is 11.8 Å². The van der Waals surface area contributed by atoms with E-state index in [1.54, 1.807) is 60.7 Å². The van der Waals surface area contributed by atoms with Crippen molar-refractivity contribution in [2.75, 3.05) is 44.7 Å². The summed E-state index contributed by atoms with van der Waals surface area (Å²) in [5.74, 6) is -9.80. The molecule has 2 aliphatic heterocycles. The third-order valence-corrected chi connectivity index (χ3v) is 16.7. The van der Waals surface area contributed by atoms with Gasteiger partial charge in [-0.25, -0.2) is 0 Å². The lowest BCUT2D eigenvalue weighted by Crippen LogP contribution is -2.60. The van der Waals surface area contributed by atoms with Gasteiger partial charge in [0, 0.05) is 45.3 Å².